The highest BCUT2D eigenvalue weighted by Gasteiger charge is 2.35. The Bertz CT molecular complexity index is 623. The quantitative estimate of drug-likeness (QED) is 0.884. The summed E-state index contributed by atoms with van der Waals surface area (Å²) >= 11 is 3.04. The predicted molar refractivity (Wildman–Crippen MR) is 74.5 cm³/mol. The van der Waals surface area contributed by atoms with Crippen LogP contribution in [0.25, 0.3) is 11.4 Å². The van der Waals surface area contributed by atoms with Crippen molar-refractivity contribution in [3.8, 4) is 11.4 Å². The Labute approximate surface area is 127 Å². The zero-order valence-electron chi connectivity index (χ0n) is 11.3. The van der Waals surface area contributed by atoms with Gasteiger partial charge in [0.05, 0.1) is 11.6 Å². The lowest BCUT2D eigenvalue weighted by molar-refractivity contribution is -0.137. The predicted octanol–water partition coefficient (Wildman–Crippen LogP) is 4.19. The maximum absolute atomic E-state index is 13.1. The van der Waals surface area contributed by atoms with E-state index in [9.17, 15) is 13.2 Å². The molecule has 0 aliphatic carbocycles. The van der Waals surface area contributed by atoms with Crippen molar-refractivity contribution < 1.29 is 17.7 Å². The zero-order chi connectivity index (χ0) is 15.6. The summed E-state index contributed by atoms with van der Waals surface area (Å²) in [5.41, 5.74) is -0.909. The molecule has 1 aromatic heterocycles. The first-order valence-electron chi connectivity index (χ1n) is 6.24. The van der Waals surface area contributed by atoms with Crippen LogP contribution in [0.2, 0.25) is 0 Å². The normalized spacial score (nSPS) is 13.4. The van der Waals surface area contributed by atoms with Gasteiger partial charge in [-0.3, -0.25) is 0 Å². The first-order valence-corrected chi connectivity index (χ1v) is 7.04. The monoisotopic (exact) mass is 363 g/mol. The summed E-state index contributed by atoms with van der Waals surface area (Å²) in [5.74, 6) is 0.199. The fourth-order valence-corrected chi connectivity index (χ4v) is 2.30. The van der Waals surface area contributed by atoms with E-state index in [1.165, 1.54) is 12.1 Å². The summed E-state index contributed by atoms with van der Waals surface area (Å²) in [4.78, 5) is 4.07. The first kappa shape index (κ1) is 16.0. The van der Waals surface area contributed by atoms with Gasteiger partial charge in [0.15, 0.2) is 0 Å². The van der Waals surface area contributed by atoms with Gasteiger partial charge in [-0.05, 0) is 31.7 Å². The van der Waals surface area contributed by atoms with Gasteiger partial charge in [-0.2, -0.15) is 18.2 Å². The molecule has 0 radical (unpaired) electrons. The molecule has 1 unspecified atom stereocenters. The molecular formula is C13H13BrF3N3O. The molecule has 0 spiro atoms. The second kappa shape index (κ2) is 6.15. The van der Waals surface area contributed by atoms with Crippen molar-refractivity contribution in [2.24, 2.45) is 0 Å². The fraction of sp³-hybridized carbons (Fsp3) is 0.385. The van der Waals surface area contributed by atoms with Crippen molar-refractivity contribution in [2.45, 2.75) is 25.6 Å². The molecule has 0 aliphatic heterocycles. The van der Waals surface area contributed by atoms with Crippen molar-refractivity contribution in [1.82, 2.24) is 15.5 Å². The second-order valence-corrected chi connectivity index (χ2v) is 5.31. The van der Waals surface area contributed by atoms with Crippen LogP contribution < -0.4 is 5.32 Å². The summed E-state index contributed by atoms with van der Waals surface area (Å²) < 4.78 is 44.7. The number of alkyl halides is 3. The van der Waals surface area contributed by atoms with Crippen LogP contribution in [0.4, 0.5) is 13.2 Å². The van der Waals surface area contributed by atoms with Gasteiger partial charge in [0.25, 0.3) is 0 Å². The molecule has 1 N–H and O–H groups in total. The molecule has 1 atom stereocenters. The number of halogens is 4. The number of hydrogen-bond acceptors (Lipinski definition) is 4. The Balaban J connectivity index is 2.48. The van der Waals surface area contributed by atoms with E-state index in [-0.39, 0.29) is 23.3 Å². The van der Waals surface area contributed by atoms with E-state index >= 15 is 0 Å². The van der Waals surface area contributed by atoms with Gasteiger partial charge < -0.3 is 9.84 Å². The minimum atomic E-state index is -4.49. The van der Waals surface area contributed by atoms with Gasteiger partial charge in [-0.15, -0.1) is 0 Å². The van der Waals surface area contributed by atoms with E-state index in [2.05, 4.69) is 31.4 Å². The van der Waals surface area contributed by atoms with Gasteiger partial charge in [0, 0.05) is 10.0 Å². The van der Waals surface area contributed by atoms with Crippen LogP contribution in [0.3, 0.4) is 0 Å². The topological polar surface area (TPSA) is 51.0 Å². The summed E-state index contributed by atoms with van der Waals surface area (Å²) in [6.07, 6.45) is -3.81. The Morgan fingerprint density at radius 1 is 1.38 bits per heavy atom. The van der Waals surface area contributed by atoms with E-state index < -0.39 is 11.7 Å². The number of benzene rings is 1. The average Bonchev–Trinajstić information content (AvgIpc) is 2.88. The summed E-state index contributed by atoms with van der Waals surface area (Å²) in [5, 5.41) is 6.63. The fourth-order valence-electron chi connectivity index (χ4n) is 1.93. The largest absolute Gasteiger partial charge is 0.417 e. The minimum Gasteiger partial charge on any atom is -0.337 e. The molecule has 0 aliphatic rings. The minimum absolute atomic E-state index is 0.0708. The molecule has 0 fully saturated rings. The van der Waals surface area contributed by atoms with Crippen LogP contribution in [-0.2, 0) is 6.18 Å². The third-order valence-corrected chi connectivity index (χ3v) is 3.52. The second-order valence-electron chi connectivity index (χ2n) is 4.39. The van der Waals surface area contributed by atoms with E-state index in [0.717, 1.165) is 6.07 Å². The van der Waals surface area contributed by atoms with Crippen molar-refractivity contribution in [1.29, 1.82) is 0 Å². The lowest BCUT2D eigenvalue weighted by Crippen LogP contribution is -2.15. The van der Waals surface area contributed by atoms with Gasteiger partial charge in [-0.25, -0.2) is 0 Å². The highest BCUT2D eigenvalue weighted by atomic mass is 79.9. The molecule has 4 nitrogen and oxygen atoms in total. The average molecular weight is 364 g/mol. The summed E-state index contributed by atoms with van der Waals surface area (Å²) in [6, 6.07) is 3.65. The molecule has 21 heavy (non-hydrogen) atoms. The molecule has 1 aromatic carbocycles. The number of aromatic nitrogens is 2. The van der Waals surface area contributed by atoms with Crippen molar-refractivity contribution in [3.05, 3.63) is 34.1 Å². The molecule has 2 rings (SSSR count). The van der Waals surface area contributed by atoms with Crippen molar-refractivity contribution >= 4 is 15.9 Å². The number of nitrogens with one attached hydrogen (secondary N) is 1. The van der Waals surface area contributed by atoms with Gasteiger partial charge in [0.2, 0.25) is 11.7 Å². The van der Waals surface area contributed by atoms with Crippen molar-refractivity contribution in [2.75, 3.05) is 7.05 Å². The molecular weight excluding hydrogens is 351 g/mol. The molecule has 0 saturated heterocycles. The Hall–Kier alpha value is -1.41. The lowest BCUT2D eigenvalue weighted by atomic mass is 10.1. The smallest absolute Gasteiger partial charge is 0.337 e. The molecule has 8 heteroatoms. The van der Waals surface area contributed by atoms with E-state index in [1.54, 1.807) is 7.05 Å². The first-order chi connectivity index (χ1) is 9.86. The van der Waals surface area contributed by atoms with Crippen LogP contribution in [-0.4, -0.2) is 17.2 Å². The van der Waals surface area contributed by atoms with Crippen LogP contribution in [0, 0.1) is 0 Å². The number of hydrogen-bond donors (Lipinski definition) is 1. The molecule has 114 valence electrons. The van der Waals surface area contributed by atoms with Gasteiger partial charge >= 0.3 is 6.18 Å². The summed E-state index contributed by atoms with van der Waals surface area (Å²) in [6.45, 7) is 1.91. The van der Waals surface area contributed by atoms with Gasteiger partial charge in [-0.1, -0.05) is 28.0 Å². The van der Waals surface area contributed by atoms with Crippen LogP contribution in [0.5, 0.6) is 0 Å². The Morgan fingerprint density at radius 2 is 2.10 bits per heavy atom. The SMILES string of the molecule is CCC(NC)c1nc(-c2ccc(Br)cc2C(F)(F)F)no1. The molecule has 0 saturated carbocycles. The highest BCUT2D eigenvalue weighted by molar-refractivity contribution is 9.10. The van der Waals surface area contributed by atoms with Crippen LogP contribution in [0.1, 0.15) is 30.8 Å². The Kier molecular flexibility index (Phi) is 4.67. The standard InChI is InChI=1S/C13H13BrF3N3O/c1-3-10(18-2)12-19-11(20-21-12)8-5-4-7(14)6-9(8)13(15,16)17/h4-6,10,18H,3H2,1-2H3. The number of rotatable bonds is 4. The number of nitrogens with zero attached hydrogens (tertiary/aromatic N) is 2. The third kappa shape index (κ3) is 3.44. The van der Waals surface area contributed by atoms with Crippen LogP contribution in [0.15, 0.2) is 27.2 Å². The molecule has 1 heterocycles. The van der Waals surface area contributed by atoms with E-state index in [0.29, 0.717) is 10.9 Å². The third-order valence-electron chi connectivity index (χ3n) is 3.02. The van der Waals surface area contributed by atoms with Gasteiger partial charge in [0.1, 0.15) is 0 Å². The maximum Gasteiger partial charge on any atom is 0.417 e. The van der Waals surface area contributed by atoms with Crippen LogP contribution >= 0.6 is 15.9 Å². The molecule has 2 aromatic rings. The molecule has 0 amide bonds. The van der Waals surface area contributed by atoms with E-state index in [4.69, 9.17) is 4.52 Å². The molecule has 0 bridgehead atoms. The Morgan fingerprint density at radius 3 is 2.67 bits per heavy atom. The zero-order valence-corrected chi connectivity index (χ0v) is 12.9. The summed E-state index contributed by atoms with van der Waals surface area (Å²) in [7, 11) is 1.72. The van der Waals surface area contributed by atoms with E-state index in [1.807, 2.05) is 6.92 Å². The maximum atomic E-state index is 13.1. The van der Waals surface area contributed by atoms with Crippen molar-refractivity contribution in [3.63, 3.8) is 0 Å². The highest BCUT2D eigenvalue weighted by Crippen LogP contribution is 2.37. The lowest BCUT2D eigenvalue weighted by Gasteiger charge is -2.10.